The lowest BCUT2D eigenvalue weighted by atomic mass is 10.0. The molecule has 0 N–H and O–H groups in total. The van der Waals surface area contributed by atoms with Crippen LogP contribution >= 0.6 is 0 Å². The Bertz CT molecular complexity index is 480. The average molecular weight is 253 g/mol. The van der Waals surface area contributed by atoms with E-state index in [4.69, 9.17) is 0 Å². The van der Waals surface area contributed by atoms with Gasteiger partial charge >= 0.3 is 0 Å². The second kappa shape index (κ2) is 4.69. The van der Waals surface area contributed by atoms with Crippen LogP contribution in [0.15, 0.2) is 24.3 Å². The largest absolute Gasteiger partial charge is 0.369 e. The van der Waals surface area contributed by atoms with Crippen LogP contribution in [0.3, 0.4) is 0 Å². The van der Waals surface area contributed by atoms with Crippen molar-refractivity contribution in [2.45, 2.75) is 19.8 Å². The monoisotopic (exact) mass is 253 g/mol. The van der Waals surface area contributed by atoms with E-state index in [1.807, 2.05) is 6.07 Å². The van der Waals surface area contributed by atoms with Crippen molar-refractivity contribution in [1.29, 1.82) is 0 Å². The summed E-state index contributed by atoms with van der Waals surface area (Å²) >= 11 is 0. The van der Waals surface area contributed by atoms with Gasteiger partial charge in [0.05, 0.1) is 11.5 Å². The molecular weight excluding hydrogens is 234 g/mol. The van der Waals surface area contributed by atoms with E-state index < -0.39 is 9.84 Å². The number of anilines is 1. The molecule has 1 aromatic carbocycles. The third-order valence-electron chi connectivity index (χ3n) is 3.25. The van der Waals surface area contributed by atoms with Gasteiger partial charge in [-0.1, -0.05) is 26.0 Å². The molecule has 0 atom stereocenters. The van der Waals surface area contributed by atoms with Gasteiger partial charge in [0, 0.05) is 18.8 Å². The topological polar surface area (TPSA) is 37.4 Å². The van der Waals surface area contributed by atoms with Crippen LogP contribution in [-0.4, -0.2) is 33.0 Å². The van der Waals surface area contributed by atoms with Crippen LogP contribution in [0.5, 0.6) is 0 Å². The second-order valence-corrected chi connectivity index (χ2v) is 7.19. The van der Waals surface area contributed by atoms with Gasteiger partial charge in [0.2, 0.25) is 0 Å². The molecule has 0 aliphatic carbocycles. The Morgan fingerprint density at radius 3 is 2.41 bits per heavy atom. The number of sulfone groups is 1. The molecule has 1 aromatic rings. The zero-order valence-corrected chi connectivity index (χ0v) is 11.2. The van der Waals surface area contributed by atoms with Gasteiger partial charge in [0.15, 0.2) is 9.84 Å². The first kappa shape index (κ1) is 12.4. The molecule has 2 rings (SSSR count). The third-order valence-corrected chi connectivity index (χ3v) is 4.86. The molecule has 0 amide bonds. The summed E-state index contributed by atoms with van der Waals surface area (Å²) < 4.78 is 22.8. The van der Waals surface area contributed by atoms with Gasteiger partial charge in [0.25, 0.3) is 0 Å². The Morgan fingerprint density at radius 2 is 1.82 bits per heavy atom. The third kappa shape index (κ3) is 3.00. The summed E-state index contributed by atoms with van der Waals surface area (Å²) in [7, 11) is -2.79. The average Bonchev–Trinajstić information content (AvgIpc) is 2.29. The highest BCUT2D eigenvalue weighted by atomic mass is 32.2. The summed E-state index contributed by atoms with van der Waals surface area (Å²) in [4.78, 5) is 2.16. The van der Waals surface area contributed by atoms with Crippen molar-refractivity contribution in [3.05, 3.63) is 29.8 Å². The first-order chi connectivity index (χ1) is 7.98. The Labute approximate surface area is 103 Å². The van der Waals surface area contributed by atoms with E-state index in [1.165, 1.54) is 5.56 Å². The van der Waals surface area contributed by atoms with E-state index in [-0.39, 0.29) is 11.5 Å². The first-order valence-corrected chi connectivity index (χ1v) is 7.85. The molecule has 0 radical (unpaired) electrons. The molecule has 0 bridgehead atoms. The van der Waals surface area contributed by atoms with Crippen LogP contribution in [0.1, 0.15) is 25.3 Å². The van der Waals surface area contributed by atoms with E-state index in [0.29, 0.717) is 19.0 Å². The summed E-state index contributed by atoms with van der Waals surface area (Å²) in [6.45, 7) is 5.56. The van der Waals surface area contributed by atoms with E-state index in [2.05, 4.69) is 36.9 Å². The molecule has 0 spiro atoms. The van der Waals surface area contributed by atoms with Crippen LogP contribution in [-0.2, 0) is 9.84 Å². The number of nitrogens with zero attached hydrogens (tertiary/aromatic N) is 1. The zero-order chi connectivity index (χ0) is 12.5. The highest BCUT2D eigenvalue weighted by Crippen LogP contribution is 2.22. The molecule has 1 saturated heterocycles. The normalized spacial score (nSPS) is 19.6. The van der Waals surface area contributed by atoms with Crippen molar-refractivity contribution in [3.8, 4) is 0 Å². The lowest BCUT2D eigenvalue weighted by Crippen LogP contribution is -2.40. The number of rotatable bonds is 2. The lowest BCUT2D eigenvalue weighted by Gasteiger charge is -2.29. The molecule has 4 heteroatoms. The standard InChI is InChI=1S/C13H19NO2S/c1-11(2)12-4-3-5-13(10-12)14-6-8-17(15,16)9-7-14/h3-5,10-11H,6-9H2,1-2H3. The predicted octanol–water partition coefficient (Wildman–Crippen LogP) is 2.04. The molecule has 1 fully saturated rings. The van der Waals surface area contributed by atoms with Crippen molar-refractivity contribution in [1.82, 2.24) is 0 Å². The second-order valence-electron chi connectivity index (χ2n) is 4.89. The molecule has 1 aliphatic heterocycles. The number of benzene rings is 1. The SMILES string of the molecule is CC(C)c1cccc(N2CCS(=O)(=O)CC2)c1. The molecule has 94 valence electrons. The maximum Gasteiger partial charge on any atom is 0.153 e. The molecule has 0 aromatic heterocycles. The van der Waals surface area contributed by atoms with Crippen LogP contribution < -0.4 is 4.90 Å². The van der Waals surface area contributed by atoms with Gasteiger partial charge in [-0.2, -0.15) is 0 Å². The molecule has 3 nitrogen and oxygen atoms in total. The highest BCUT2D eigenvalue weighted by molar-refractivity contribution is 7.91. The Kier molecular flexibility index (Phi) is 3.43. The van der Waals surface area contributed by atoms with Crippen LogP contribution in [0.4, 0.5) is 5.69 Å². The van der Waals surface area contributed by atoms with Gasteiger partial charge in [0.1, 0.15) is 0 Å². The summed E-state index contributed by atoms with van der Waals surface area (Å²) in [6, 6.07) is 8.40. The van der Waals surface area contributed by atoms with Crippen LogP contribution in [0.2, 0.25) is 0 Å². The van der Waals surface area contributed by atoms with Crippen LogP contribution in [0, 0.1) is 0 Å². The fourth-order valence-electron chi connectivity index (χ4n) is 2.05. The highest BCUT2D eigenvalue weighted by Gasteiger charge is 2.21. The maximum absolute atomic E-state index is 11.4. The summed E-state index contributed by atoms with van der Waals surface area (Å²) in [5.41, 5.74) is 2.45. The Balaban J connectivity index is 2.16. The molecule has 1 aliphatic rings. The van der Waals surface area contributed by atoms with Crippen molar-refractivity contribution in [2.24, 2.45) is 0 Å². The predicted molar refractivity (Wildman–Crippen MR) is 71.4 cm³/mol. The van der Waals surface area contributed by atoms with E-state index in [0.717, 1.165) is 5.69 Å². The first-order valence-electron chi connectivity index (χ1n) is 6.03. The number of hydrogen-bond acceptors (Lipinski definition) is 3. The van der Waals surface area contributed by atoms with Crippen molar-refractivity contribution in [2.75, 3.05) is 29.5 Å². The summed E-state index contributed by atoms with van der Waals surface area (Å²) in [5.74, 6) is 1.06. The van der Waals surface area contributed by atoms with Gasteiger partial charge < -0.3 is 4.90 Å². The van der Waals surface area contributed by atoms with Crippen molar-refractivity contribution in [3.63, 3.8) is 0 Å². The molecule has 1 heterocycles. The lowest BCUT2D eigenvalue weighted by molar-refractivity contribution is 0.587. The maximum atomic E-state index is 11.4. The smallest absolute Gasteiger partial charge is 0.153 e. The molecule has 17 heavy (non-hydrogen) atoms. The van der Waals surface area contributed by atoms with Crippen molar-refractivity contribution < 1.29 is 8.42 Å². The zero-order valence-electron chi connectivity index (χ0n) is 10.4. The summed E-state index contributed by atoms with van der Waals surface area (Å²) in [5, 5.41) is 0. The molecule has 0 unspecified atom stereocenters. The molecule has 0 saturated carbocycles. The van der Waals surface area contributed by atoms with Gasteiger partial charge in [-0.15, -0.1) is 0 Å². The number of hydrogen-bond donors (Lipinski definition) is 0. The van der Waals surface area contributed by atoms with Gasteiger partial charge in [-0.05, 0) is 23.6 Å². The summed E-state index contributed by atoms with van der Waals surface area (Å²) in [6.07, 6.45) is 0. The minimum absolute atomic E-state index is 0.277. The van der Waals surface area contributed by atoms with E-state index >= 15 is 0 Å². The van der Waals surface area contributed by atoms with E-state index in [1.54, 1.807) is 0 Å². The van der Waals surface area contributed by atoms with Crippen LogP contribution in [0.25, 0.3) is 0 Å². The van der Waals surface area contributed by atoms with Gasteiger partial charge in [-0.25, -0.2) is 8.42 Å². The minimum atomic E-state index is -2.79. The Hall–Kier alpha value is -1.03. The minimum Gasteiger partial charge on any atom is -0.369 e. The van der Waals surface area contributed by atoms with E-state index in [9.17, 15) is 8.42 Å². The fraction of sp³-hybridized carbons (Fsp3) is 0.538. The molecular formula is C13H19NO2S. The van der Waals surface area contributed by atoms with Crippen molar-refractivity contribution >= 4 is 15.5 Å². The quantitative estimate of drug-likeness (QED) is 0.809. The van der Waals surface area contributed by atoms with Gasteiger partial charge in [-0.3, -0.25) is 0 Å². The Morgan fingerprint density at radius 1 is 1.18 bits per heavy atom. The fourth-order valence-corrected chi connectivity index (χ4v) is 3.25.